The van der Waals surface area contributed by atoms with E-state index in [1.807, 2.05) is 25.1 Å². The number of carbonyl (C=O) groups is 1. The fourth-order valence-corrected chi connectivity index (χ4v) is 4.05. The number of rotatable bonds is 3. The molecule has 0 radical (unpaired) electrons. The van der Waals surface area contributed by atoms with E-state index in [2.05, 4.69) is 34.2 Å². The van der Waals surface area contributed by atoms with Crippen LogP contribution in [0.2, 0.25) is 0 Å². The van der Waals surface area contributed by atoms with E-state index in [1.54, 1.807) is 11.1 Å². The maximum atomic E-state index is 12.8. The second-order valence-electron chi connectivity index (χ2n) is 7.72. The number of aryl methyl sites for hydroxylation is 1. The summed E-state index contributed by atoms with van der Waals surface area (Å²) >= 11 is 0. The molecule has 3 atom stereocenters. The summed E-state index contributed by atoms with van der Waals surface area (Å²) in [5, 5.41) is 6.90. The summed E-state index contributed by atoms with van der Waals surface area (Å²) < 4.78 is 11.2. The molecule has 150 valence electrons. The molecule has 2 saturated heterocycles. The number of hydrogen-bond acceptors (Lipinski definition) is 6. The van der Waals surface area contributed by atoms with Gasteiger partial charge in [0.25, 0.3) is 0 Å². The Labute approximate surface area is 164 Å². The van der Waals surface area contributed by atoms with Crippen LogP contribution in [0.15, 0.2) is 28.9 Å². The van der Waals surface area contributed by atoms with E-state index in [-0.39, 0.29) is 24.3 Å². The molecule has 28 heavy (non-hydrogen) atoms. The first-order valence-electron chi connectivity index (χ1n) is 9.87. The molecule has 4 heterocycles. The fourth-order valence-electron chi connectivity index (χ4n) is 4.05. The lowest BCUT2D eigenvalue weighted by Crippen LogP contribution is -2.45. The molecule has 0 bridgehead atoms. The zero-order valence-electron chi connectivity index (χ0n) is 16.6. The lowest BCUT2D eigenvalue weighted by atomic mass is 10.1. The first-order chi connectivity index (χ1) is 13.5. The molecule has 1 N–H and O–H groups in total. The molecule has 0 aromatic carbocycles. The van der Waals surface area contributed by atoms with Crippen LogP contribution in [0.4, 0.5) is 16.3 Å². The van der Waals surface area contributed by atoms with Crippen molar-refractivity contribution >= 4 is 17.5 Å². The molecule has 2 amide bonds. The van der Waals surface area contributed by atoms with E-state index >= 15 is 0 Å². The van der Waals surface area contributed by atoms with Crippen molar-refractivity contribution in [2.75, 3.05) is 29.9 Å². The van der Waals surface area contributed by atoms with Crippen molar-refractivity contribution in [1.82, 2.24) is 15.0 Å². The molecule has 2 aliphatic rings. The summed E-state index contributed by atoms with van der Waals surface area (Å²) in [6.07, 6.45) is 3.89. The van der Waals surface area contributed by atoms with Crippen LogP contribution in [0.3, 0.4) is 0 Å². The van der Waals surface area contributed by atoms with Gasteiger partial charge in [0.2, 0.25) is 0 Å². The third-order valence-electron chi connectivity index (χ3n) is 5.23. The van der Waals surface area contributed by atoms with Gasteiger partial charge in [0.05, 0.1) is 35.8 Å². The minimum absolute atomic E-state index is 0.0650. The molecule has 0 aliphatic carbocycles. The van der Waals surface area contributed by atoms with Gasteiger partial charge in [-0.1, -0.05) is 5.16 Å². The van der Waals surface area contributed by atoms with Gasteiger partial charge in [0.1, 0.15) is 5.82 Å². The number of hydrogen-bond donors (Lipinski definition) is 1. The molecule has 2 aliphatic heterocycles. The molecule has 8 heteroatoms. The Balaban J connectivity index is 1.40. The molecule has 0 spiro atoms. The van der Waals surface area contributed by atoms with E-state index < -0.39 is 0 Å². The molecule has 0 unspecified atom stereocenters. The summed E-state index contributed by atoms with van der Waals surface area (Å²) in [5.74, 6) is 1.64. The van der Waals surface area contributed by atoms with Crippen molar-refractivity contribution in [1.29, 1.82) is 0 Å². The molecule has 2 aromatic heterocycles. The van der Waals surface area contributed by atoms with Crippen molar-refractivity contribution in [3.8, 4) is 0 Å². The van der Waals surface area contributed by atoms with Crippen molar-refractivity contribution in [3.05, 3.63) is 35.9 Å². The predicted octanol–water partition coefficient (Wildman–Crippen LogP) is 3.36. The van der Waals surface area contributed by atoms with Crippen LogP contribution in [-0.2, 0) is 4.74 Å². The summed E-state index contributed by atoms with van der Waals surface area (Å²) in [4.78, 5) is 21.3. The molecular weight excluding hydrogens is 358 g/mol. The Hall–Kier alpha value is -2.61. The number of nitrogens with zero attached hydrogens (tertiary/aromatic N) is 4. The highest BCUT2D eigenvalue weighted by molar-refractivity contribution is 5.89. The zero-order valence-corrected chi connectivity index (χ0v) is 16.6. The molecular formula is C20H27N5O3. The maximum Gasteiger partial charge on any atom is 0.322 e. The molecule has 2 aromatic rings. The average Bonchev–Trinajstić information content (AvgIpc) is 3.30. The number of carbonyl (C=O) groups excluding carboxylic acids is 1. The van der Waals surface area contributed by atoms with Crippen molar-refractivity contribution in [2.45, 2.75) is 51.9 Å². The quantitative estimate of drug-likeness (QED) is 0.872. The maximum absolute atomic E-state index is 12.8. The Morgan fingerprint density at radius 2 is 2.04 bits per heavy atom. The number of aromatic nitrogens is 2. The van der Waals surface area contributed by atoms with Crippen LogP contribution in [0.1, 0.15) is 44.2 Å². The van der Waals surface area contributed by atoms with Gasteiger partial charge >= 0.3 is 6.03 Å². The lowest BCUT2D eigenvalue weighted by molar-refractivity contribution is -0.00545. The number of amides is 2. The number of urea groups is 1. The average molecular weight is 385 g/mol. The van der Waals surface area contributed by atoms with Gasteiger partial charge in [-0.3, -0.25) is 0 Å². The van der Waals surface area contributed by atoms with Crippen LogP contribution in [0, 0.1) is 6.92 Å². The SMILES string of the molecule is Cc1cc([C@@H]2CCCN2C(=O)Nc2ccc(N3C[C@@H](C)O[C@@H](C)C3)nc2)on1. The van der Waals surface area contributed by atoms with Crippen LogP contribution >= 0.6 is 0 Å². The van der Waals surface area contributed by atoms with Gasteiger partial charge in [-0.25, -0.2) is 9.78 Å². The Morgan fingerprint density at radius 3 is 2.68 bits per heavy atom. The van der Waals surface area contributed by atoms with Crippen molar-refractivity contribution < 1.29 is 14.1 Å². The topological polar surface area (TPSA) is 83.7 Å². The van der Waals surface area contributed by atoms with Gasteiger partial charge in [-0.2, -0.15) is 0 Å². The van der Waals surface area contributed by atoms with Gasteiger partial charge in [-0.15, -0.1) is 0 Å². The largest absolute Gasteiger partial charge is 0.372 e. The number of likely N-dealkylation sites (tertiary alicyclic amines) is 1. The van der Waals surface area contributed by atoms with E-state index in [4.69, 9.17) is 9.26 Å². The van der Waals surface area contributed by atoms with Gasteiger partial charge < -0.3 is 24.4 Å². The molecule has 2 fully saturated rings. The first kappa shape index (κ1) is 18.7. The second kappa shape index (κ2) is 7.79. The highest BCUT2D eigenvalue weighted by Crippen LogP contribution is 2.32. The van der Waals surface area contributed by atoms with E-state index in [9.17, 15) is 4.79 Å². The smallest absolute Gasteiger partial charge is 0.322 e. The van der Waals surface area contributed by atoms with E-state index in [1.165, 1.54) is 0 Å². The summed E-state index contributed by atoms with van der Waals surface area (Å²) in [7, 11) is 0. The summed E-state index contributed by atoms with van der Waals surface area (Å²) in [6.45, 7) is 8.35. The summed E-state index contributed by atoms with van der Waals surface area (Å²) in [5.41, 5.74) is 1.51. The van der Waals surface area contributed by atoms with Crippen LogP contribution in [0.25, 0.3) is 0 Å². The number of anilines is 2. The Kier molecular flexibility index (Phi) is 5.21. The first-order valence-corrected chi connectivity index (χ1v) is 9.87. The normalized spacial score (nSPS) is 25.2. The monoisotopic (exact) mass is 385 g/mol. The predicted molar refractivity (Wildman–Crippen MR) is 105 cm³/mol. The van der Waals surface area contributed by atoms with E-state index in [0.717, 1.165) is 43.2 Å². The van der Waals surface area contributed by atoms with E-state index in [0.29, 0.717) is 12.2 Å². The minimum atomic E-state index is -0.139. The zero-order chi connectivity index (χ0) is 19.7. The molecule has 0 saturated carbocycles. The Morgan fingerprint density at radius 1 is 1.25 bits per heavy atom. The lowest BCUT2D eigenvalue weighted by Gasteiger charge is -2.36. The minimum Gasteiger partial charge on any atom is -0.372 e. The molecule has 4 rings (SSSR count). The summed E-state index contributed by atoms with van der Waals surface area (Å²) in [6, 6.07) is 5.54. The Bertz CT molecular complexity index is 812. The number of nitrogens with one attached hydrogen (secondary N) is 1. The highest BCUT2D eigenvalue weighted by atomic mass is 16.5. The van der Waals surface area contributed by atoms with Crippen LogP contribution < -0.4 is 10.2 Å². The van der Waals surface area contributed by atoms with Crippen molar-refractivity contribution in [2.24, 2.45) is 0 Å². The van der Waals surface area contributed by atoms with Crippen molar-refractivity contribution in [3.63, 3.8) is 0 Å². The second-order valence-corrected chi connectivity index (χ2v) is 7.72. The third kappa shape index (κ3) is 3.96. The number of pyridine rings is 1. The highest BCUT2D eigenvalue weighted by Gasteiger charge is 2.32. The van der Waals surface area contributed by atoms with Gasteiger partial charge in [0, 0.05) is 25.7 Å². The number of morpholine rings is 1. The van der Waals surface area contributed by atoms with Gasteiger partial charge in [-0.05, 0) is 45.7 Å². The standard InChI is InChI=1S/C20H27N5O3/c1-13-9-18(28-23-13)17-5-4-8-25(17)20(26)22-16-6-7-19(21-10-16)24-11-14(2)27-15(3)12-24/h6-7,9-10,14-15,17H,4-5,8,11-12H2,1-3H3,(H,22,26)/t14-,15+,17-/m0/s1. The van der Waals surface area contributed by atoms with Crippen LogP contribution in [-0.4, -0.2) is 52.9 Å². The number of ether oxygens (including phenoxy) is 1. The van der Waals surface area contributed by atoms with Gasteiger partial charge in [0.15, 0.2) is 5.76 Å². The third-order valence-corrected chi connectivity index (χ3v) is 5.23. The van der Waals surface area contributed by atoms with Crippen LogP contribution in [0.5, 0.6) is 0 Å². The molecule has 8 nitrogen and oxygen atoms in total. The fraction of sp³-hybridized carbons (Fsp3) is 0.550.